The molecular weight excluding hydrogens is 290 g/mol. The third kappa shape index (κ3) is 5.66. The van der Waals surface area contributed by atoms with Crippen LogP contribution in [0.2, 0.25) is 39.3 Å². The third-order valence-electron chi connectivity index (χ3n) is 1.97. The van der Waals surface area contributed by atoms with Crippen molar-refractivity contribution < 1.29 is 18.4 Å². The zero-order valence-corrected chi connectivity index (χ0v) is 14.8. The predicted octanol–water partition coefficient (Wildman–Crippen LogP) is 3.07. The van der Waals surface area contributed by atoms with Gasteiger partial charge in [-0.1, -0.05) is 6.07 Å². The van der Waals surface area contributed by atoms with Crippen molar-refractivity contribution in [1.29, 1.82) is 0 Å². The average Bonchev–Trinajstić information content (AvgIpc) is 2.24. The van der Waals surface area contributed by atoms with E-state index in [1.54, 1.807) is 6.07 Å². The van der Waals surface area contributed by atoms with Gasteiger partial charge in [-0.05, 0) is 51.4 Å². The van der Waals surface area contributed by atoms with Gasteiger partial charge in [0, 0.05) is 0 Å². The Morgan fingerprint density at radius 1 is 0.850 bits per heavy atom. The van der Waals surface area contributed by atoms with E-state index in [0.717, 1.165) is 0 Å². The van der Waals surface area contributed by atoms with E-state index in [9.17, 15) is 9.59 Å². The first-order valence-corrected chi connectivity index (χ1v) is 13.2. The van der Waals surface area contributed by atoms with Gasteiger partial charge in [-0.15, -0.1) is 0 Å². The van der Waals surface area contributed by atoms with Gasteiger partial charge in [0.2, 0.25) is 16.6 Å². The van der Waals surface area contributed by atoms with Crippen LogP contribution in [0.4, 0.5) is 0 Å². The molecule has 0 N–H and O–H groups in total. The zero-order chi connectivity index (χ0) is 15.6. The van der Waals surface area contributed by atoms with Gasteiger partial charge in [-0.2, -0.15) is 0 Å². The summed E-state index contributed by atoms with van der Waals surface area (Å²) >= 11 is 0. The second-order valence-corrected chi connectivity index (χ2v) is 15.3. The van der Waals surface area contributed by atoms with Crippen molar-refractivity contribution in [2.45, 2.75) is 39.3 Å². The van der Waals surface area contributed by atoms with Crippen molar-refractivity contribution in [1.82, 2.24) is 4.98 Å². The predicted molar refractivity (Wildman–Crippen MR) is 81.8 cm³/mol. The summed E-state index contributed by atoms with van der Waals surface area (Å²) in [5.74, 6) is -0.987. The lowest BCUT2D eigenvalue weighted by atomic mass is 10.3. The summed E-state index contributed by atoms with van der Waals surface area (Å²) in [5.41, 5.74) is 0.273. The Bertz CT molecular complexity index is 475. The van der Waals surface area contributed by atoms with Crippen LogP contribution in [0.3, 0.4) is 0 Å². The maximum absolute atomic E-state index is 11.9. The molecule has 1 heterocycles. The molecule has 110 valence electrons. The van der Waals surface area contributed by atoms with E-state index in [4.69, 9.17) is 8.85 Å². The Kier molecular flexibility index (Phi) is 4.87. The molecule has 0 fully saturated rings. The Morgan fingerprint density at radius 2 is 1.20 bits per heavy atom. The Morgan fingerprint density at radius 3 is 1.50 bits per heavy atom. The molecule has 0 unspecified atom stereocenters. The van der Waals surface area contributed by atoms with Crippen LogP contribution in [0.25, 0.3) is 0 Å². The van der Waals surface area contributed by atoms with Gasteiger partial charge in [0.05, 0.1) is 0 Å². The quantitative estimate of drug-likeness (QED) is 0.800. The van der Waals surface area contributed by atoms with Crippen molar-refractivity contribution in [3.05, 3.63) is 29.6 Å². The Hall–Kier alpha value is -1.48. The largest absolute Gasteiger partial charge is 0.515 e. The average molecular weight is 311 g/mol. The zero-order valence-electron chi connectivity index (χ0n) is 12.8. The molecule has 0 aliphatic carbocycles. The number of carbonyl (C=O) groups excluding carboxylic acids is 2. The molecule has 1 aromatic heterocycles. The first kappa shape index (κ1) is 16.6. The maximum Gasteiger partial charge on any atom is 0.343 e. The van der Waals surface area contributed by atoms with Crippen LogP contribution in [0.15, 0.2) is 18.2 Å². The fourth-order valence-electron chi connectivity index (χ4n) is 1.32. The highest BCUT2D eigenvalue weighted by Gasteiger charge is 2.24. The van der Waals surface area contributed by atoms with Crippen LogP contribution in [-0.2, 0) is 8.85 Å². The molecule has 5 nitrogen and oxygen atoms in total. The molecule has 0 amide bonds. The molecule has 1 rings (SSSR count). The normalized spacial score (nSPS) is 11.9. The molecule has 20 heavy (non-hydrogen) atoms. The van der Waals surface area contributed by atoms with Gasteiger partial charge in [0.15, 0.2) is 0 Å². The van der Waals surface area contributed by atoms with Crippen LogP contribution < -0.4 is 0 Å². The van der Waals surface area contributed by atoms with Crippen LogP contribution >= 0.6 is 0 Å². The number of carbonyl (C=O) groups is 2. The smallest absolute Gasteiger partial charge is 0.343 e. The van der Waals surface area contributed by atoms with Gasteiger partial charge in [-0.25, -0.2) is 14.6 Å². The topological polar surface area (TPSA) is 65.5 Å². The van der Waals surface area contributed by atoms with E-state index >= 15 is 0 Å². The summed E-state index contributed by atoms with van der Waals surface area (Å²) in [6, 6.07) is 4.68. The summed E-state index contributed by atoms with van der Waals surface area (Å²) in [6.45, 7) is 11.5. The summed E-state index contributed by atoms with van der Waals surface area (Å²) in [5, 5.41) is 0. The molecule has 0 radical (unpaired) electrons. The minimum atomic E-state index is -1.98. The number of rotatable bonds is 4. The van der Waals surface area contributed by atoms with Crippen molar-refractivity contribution in [2.24, 2.45) is 0 Å². The molecule has 0 saturated carbocycles. The molecule has 0 bridgehead atoms. The summed E-state index contributed by atoms with van der Waals surface area (Å²) in [4.78, 5) is 27.9. The fourth-order valence-corrected chi connectivity index (χ4v) is 2.64. The fraction of sp³-hybridized carbons (Fsp3) is 0.462. The van der Waals surface area contributed by atoms with Crippen molar-refractivity contribution >= 4 is 28.6 Å². The van der Waals surface area contributed by atoms with Crippen molar-refractivity contribution in [3.8, 4) is 0 Å². The van der Waals surface area contributed by atoms with E-state index in [1.807, 2.05) is 39.3 Å². The molecule has 0 saturated heterocycles. The van der Waals surface area contributed by atoms with E-state index in [0.29, 0.717) is 0 Å². The summed E-state index contributed by atoms with van der Waals surface area (Å²) < 4.78 is 10.7. The minimum absolute atomic E-state index is 0.137. The number of pyridine rings is 1. The third-order valence-corrected chi connectivity index (χ3v) is 3.56. The second kappa shape index (κ2) is 5.88. The molecular formula is C13H21NO4Si2. The maximum atomic E-state index is 11.9. The number of hydrogen-bond donors (Lipinski definition) is 0. The lowest BCUT2D eigenvalue weighted by Gasteiger charge is -2.18. The molecule has 0 aliphatic rings. The van der Waals surface area contributed by atoms with Crippen LogP contribution in [0, 0.1) is 0 Å². The van der Waals surface area contributed by atoms with E-state index in [-0.39, 0.29) is 11.4 Å². The van der Waals surface area contributed by atoms with Crippen LogP contribution in [0.1, 0.15) is 21.0 Å². The molecule has 0 atom stereocenters. The van der Waals surface area contributed by atoms with E-state index in [2.05, 4.69) is 4.98 Å². The molecule has 0 aliphatic heterocycles. The Balaban J connectivity index is 2.91. The van der Waals surface area contributed by atoms with Crippen molar-refractivity contribution in [3.63, 3.8) is 0 Å². The molecule has 0 spiro atoms. The number of nitrogens with zero attached hydrogens (tertiary/aromatic N) is 1. The second-order valence-electron chi connectivity index (χ2n) is 6.41. The van der Waals surface area contributed by atoms with Crippen molar-refractivity contribution in [2.75, 3.05) is 0 Å². The van der Waals surface area contributed by atoms with Gasteiger partial charge in [0.1, 0.15) is 11.4 Å². The monoisotopic (exact) mass is 311 g/mol. The molecule has 7 heteroatoms. The van der Waals surface area contributed by atoms with Crippen LogP contribution in [-0.4, -0.2) is 33.6 Å². The number of hydrogen-bond acceptors (Lipinski definition) is 5. The SMILES string of the molecule is C[Si](C)(C)OC(=O)c1cccc(C(=O)O[Si](C)(C)C)n1. The van der Waals surface area contributed by atoms with Gasteiger partial charge in [0.25, 0.3) is 0 Å². The van der Waals surface area contributed by atoms with Gasteiger partial charge < -0.3 is 8.85 Å². The summed E-state index contributed by atoms with van der Waals surface area (Å²) in [6.07, 6.45) is 0. The minimum Gasteiger partial charge on any atom is -0.515 e. The standard InChI is InChI=1S/C13H21NO4Si2/c1-19(2,3)17-12(15)10-8-7-9-11(14-10)13(16)18-20(4,5)6/h7-9H,1-6H3. The Labute approximate surface area is 121 Å². The molecule has 1 aromatic rings. The summed E-state index contributed by atoms with van der Waals surface area (Å²) in [7, 11) is -3.97. The molecule has 0 aromatic carbocycles. The highest BCUT2D eigenvalue weighted by Crippen LogP contribution is 2.11. The lowest BCUT2D eigenvalue weighted by molar-refractivity contribution is 0.0713. The van der Waals surface area contributed by atoms with Gasteiger partial charge >= 0.3 is 11.9 Å². The van der Waals surface area contributed by atoms with E-state index in [1.165, 1.54) is 12.1 Å². The highest BCUT2D eigenvalue weighted by molar-refractivity contribution is 6.71. The van der Waals surface area contributed by atoms with Crippen LogP contribution in [0.5, 0.6) is 0 Å². The lowest BCUT2D eigenvalue weighted by Crippen LogP contribution is -2.31. The highest BCUT2D eigenvalue weighted by atomic mass is 28.4. The number of aromatic nitrogens is 1. The first-order chi connectivity index (χ1) is 8.98. The van der Waals surface area contributed by atoms with Gasteiger partial charge in [-0.3, -0.25) is 0 Å². The first-order valence-electron chi connectivity index (χ1n) is 6.42. The van der Waals surface area contributed by atoms with E-state index < -0.39 is 28.6 Å².